The van der Waals surface area contributed by atoms with Crippen LogP contribution in [0.15, 0.2) is 66.9 Å². The molecule has 0 aliphatic rings. The number of methoxy groups -OCH3 is 1. The quantitative estimate of drug-likeness (QED) is 0.728. The van der Waals surface area contributed by atoms with Crippen molar-refractivity contribution in [3.63, 3.8) is 0 Å². The second kappa shape index (κ2) is 7.91. The van der Waals surface area contributed by atoms with Crippen molar-refractivity contribution in [2.75, 3.05) is 7.11 Å². The third kappa shape index (κ3) is 3.64. The van der Waals surface area contributed by atoms with Gasteiger partial charge in [-0.15, -0.1) is 0 Å². The molecule has 26 heavy (non-hydrogen) atoms. The molecule has 0 saturated heterocycles. The minimum absolute atomic E-state index is 0.0883. The first kappa shape index (κ1) is 17.8. The number of aryl methyl sites for hydroxylation is 2. The van der Waals surface area contributed by atoms with Gasteiger partial charge in [0.15, 0.2) is 0 Å². The highest BCUT2D eigenvalue weighted by atomic mass is 16.5. The first-order chi connectivity index (χ1) is 12.6. The molecule has 0 spiro atoms. The van der Waals surface area contributed by atoms with E-state index in [1.165, 1.54) is 5.56 Å². The Morgan fingerprint density at radius 1 is 1.08 bits per heavy atom. The van der Waals surface area contributed by atoms with Gasteiger partial charge in [0.25, 0.3) is 5.91 Å². The second-order valence-corrected chi connectivity index (χ2v) is 6.24. The van der Waals surface area contributed by atoms with E-state index in [0.29, 0.717) is 5.56 Å². The Hall–Kier alpha value is -3.01. The van der Waals surface area contributed by atoms with E-state index < -0.39 is 0 Å². The highest BCUT2D eigenvalue weighted by molar-refractivity contribution is 5.94. The number of carbonyl (C=O) groups is 1. The Morgan fingerprint density at radius 2 is 1.77 bits per heavy atom. The van der Waals surface area contributed by atoms with Crippen LogP contribution in [0.1, 0.15) is 40.1 Å². The lowest BCUT2D eigenvalue weighted by Gasteiger charge is -2.22. The maximum absolute atomic E-state index is 12.8. The highest BCUT2D eigenvalue weighted by Crippen LogP contribution is 2.28. The molecule has 1 unspecified atom stereocenters. The summed E-state index contributed by atoms with van der Waals surface area (Å²) in [6.07, 6.45) is 2.95. The summed E-state index contributed by atoms with van der Waals surface area (Å²) in [5, 5.41) is 3.20. The zero-order chi connectivity index (χ0) is 18.5. The summed E-state index contributed by atoms with van der Waals surface area (Å²) in [5.41, 5.74) is 3.99. The fourth-order valence-electron chi connectivity index (χ4n) is 3.19. The van der Waals surface area contributed by atoms with Gasteiger partial charge in [-0.3, -0.25) is 4.79 Å². The van der Waals surface area contributed by atoms with Gasteiger partial charge in [0.2, 0.25) is 0 Å². The number of ether oxygens (including phenoxy) is 1. The van der Waals surface area contributed by atoms with Crippen LogP contribution in [0.5, 0.6) is 5.75 Å². The van der Waals surface area contributed by atoms with Crippen LogP contribution in [0.2, 0.25) is 0 Å². The number of amides is 1. The van der Waals surface area contributed by atoms with Crippen molar-refractivity contribution < 1.29 is 9.53 Å². The molecule has 3 aromatic rings. The van der Waals surface area contributed by atoms with Crippen LogP contribution in [0, 0.1) is 0 Å². The minimum Gasteiger partial charge on any atom is -0.497 e. The molecule has 1 atom stereocenters. The summed E-state index contributed by atoms with van der Waals surface area (Å²) >= 11 is 0. The highest BCUT2D eigenvalue weighted by Gasteiger charge is 2.22. The minimum atomic E-state index is -0.233. The SMILES string of the molecule is CCc1ccn(C)c1C(NC(=O)c1ccccc1)c1ccc(OC)cc1. The lowest BCUT2D eigenvalue weighted by atomic mass is 9.98. The lowest BCUT2D eigenvalue weighted by molar-refractivity contribution is 0.0942. The normalized spacial score (nSPS) is 11.8. The van der Waals surface area contributed by atoms with Crippen molar-refractivity contribution >= 4 is 5.91 Å². The summed E-state index contributed by atoms with van der Waals surface area (Å²) in [7, 11) is 3.66. The van der Waals surface area contributed by atoms with Crippen molar-refractivity contribution in [2.45, 2.75) is 19.4 Å². The molecule has 1 amide bonds. The Morgan fingerprint density at radius 3 is 2.38 bits per heavy atom. The van der Waals surface area contributed by atoms with Gasteiger partial charge in [0.05, 0.1) is 13.2 Å². The standard InChI is InChI=1S/C22H24N2O2/c1-4-16-14-15-24(2)21(16)20(17-10-12-19(26-3)13-11-17)23-22(25)18-8-6-5-7-9-18/h5-15,20H,4H2,1-3H3,(H,23,25). The number of nitrogens with zero attached hydrogens (tertiary/aromatic N) is 1. The van der Waals surface area contributed by atoms with Gasteiger partial charge in [-0.25, -0.2) is 0 Å². The van der Waals surface area contributed by atoms with E-state index >= 15 is 0 Å². The fourth-order valence-corrected chi connectivity index (χ4v) is 3.19. The van der Waals surface area contributed by atoms with Gasteiger partial charge >= 0.3 is 0 Å². The largest absolute Gasteiger partial charge is 0.497 e. The van der Waals surface area contributed by atoms with Crippen LogP contribution in [0.4, 0.5) is 0 Å². The summed E-state index contributed by atoms with van der Waals surface area (Å²) < 4.78 is 7.35. The average molecular weight is 348 g/mol. The molecule has 4 nitrogen and oxygen atoms in total. The molecule has 1 aromatic heterocycles. The molecule has 0 saturated carbocycles. The van der Waals surface area contributed by atoms with Crippen molar-refractivity contribution in [1.82, 2.24) is 9.88 Å². The lowest BCUT2D eigenvalue weighted by Crippen LogP contribution is -2.31. The molecule has 134 valence electrons. The summed E-state index contributed by atoms with van der Waals surface area (Å²) in [4.78, 5) is 12.8. The van der Waals surface area contributed by atoms with Crippen molar-refractivity contribution in [3.05, 3.63) is 89.2 Å². The van der Waals surface area contributed by atoms with E-state index in [1.54, 1.807) is 7.11 Å². The zero-order valence-corrected chi connectivity index (χ0v) is 15.4. The number of rotatable bonds is 6. The summed E-state index contributed by atoms with van der Waals surface area (Å²) in [5.74, 6) is 0.708. The van der Waals surface area contributed by atoms with Crippen molar-refractivity contribution in [3.8, 4) is 5.75 Å². The molecule has 0 aliphatic carbocycles. The molecular weight excluding hydrogens is 324 g/mol. The van der Waals surface area contributed by atoms with E-state index in [-0.39, 0.29) is 11.9 Å². The van der Waals surface area contributed by atoms with Crippen LogP contribution in [0.3, 0.4) is 0 Å². The molecule has 1 heterocycles. The summed E-state index contributed by atoms with van der Waals surface area (Å²) in [6.45, 7) is 2.13. The van der Waals surface area contributed by atoms with E-state index in [0.717, 1.165) is 23.4 Å². The maximum Gasteiger partial charge on any atom is 0.252 e. The summed E-state index contributed by atoms with van der Waals surface area (Å²) in [6, 6.07) is 19.0. The van der Waals surface area contributed by atoms with Crippen molar-refractivity contribution in [2.24, 2.45) is 7.05 Å². The van der Waals surface area contributed by atoms with Gasteiger partial charge < -0.3 is 14.6 Å². The molecular formula is C22H24N2O2. The van der Waals surface area contributed by atoms with Gasteiger partial charge in [-0.1, -0.05) is 37.3 Å². The van der Waals surface area contributed by atoms with Crippen LogP contribution in [0.25, 0.3) is 0 Å². The first-order valence-electron chi connectivity index (χ1n) is 8.78. The molecule has 0 fully saturated rings. The fraction of sp³-hybridized carbons (Fsp3) is 0.227. The van der Waals surface area contributed by atoms with E-state index in [4.69, 9.17) is 4.74 Å². The predicted octanol–water partition coefficient (Wildman–Crippen LogP) is 4.12. The van der Waals surface area contributed by atoms with E-state index in [9.17, 15) is 4.79 Å². The van der Waals surface area contributed by atoms with Crippen LogP contribution in [-0.4, -0.2) is 17.6 Å². The average Bonchev–Trinajstić information content (AvgIpc) is 3.07. The smallest absolute Gasteiger partial charge is 0.252 e. The topological polar surface area (TPSA) is 43.3 Å². The van der Waals surface area contributed by atoms with Gasteiger partial charge in [0.1, 0.15) is 5.75 Å². The van der Waals surface area contributed by atoms with Crippen LogP contribution in [-0.2, 0) is 13.5 Å². The number of benzene rings is 2. The van der Waals surface area contributed by atoms with Crippen molar-refractivity contribution in [1.29, 1.82) is 0 Å². The Labute approximate surface area is 154 Å². The molecule has 1 N–H and O–H groups in total. The third-order valence-electron chi connectivity index (χ3n) is 4.62. The Bertz CT molecular complexity index is 867. The molecule has 0 radical (unpaired) electrons. The maximum atomic E-state index is 12.8. The number of hydrogen-bond donors (Lipinski definition) is 1. The number of hydrogen-bond acceptors (Lipinski definition) is 2. The number of carbonyl (C=O) groups excluding carboxylic acids is 1. The molecule has 3 rings (SSSR count). The molecule has 0 aliphatic heterocycles. The van der Waals surface area contributed by atoms with E-state index in [2.05, 4.69) is 22.9 Å². The van der Waals surface area contributed by atoms with Gasteiger partial charge in [-0.2, -0.15) is 0 Å². The zero-order valence-electron chi connectivity index (χ0n) is 15.4. The van der Waals surface area contributed by atoms with Crippen LogP contribution < -0.4 is 10.1 Å². The van der Waals surface area contributed by atoms with Crippen LogP contribution >= 0.6 is 0 Å². The predicted molar refractivity (Wildman–Crippen MR) is 104 cm³/mol. The molecule has 0 bridgehead atoms. The number of nitrogens with one attached hydrogen (secondary N) is 1. The first-order valence-corrected chi connectivity index (χ1v) is 8.78. The Balaban J connectivity index is 2.01. The molecule has 4 heteroatoms. The monoisotopic (exact) mass is 348 g/mol. The van der Waals surface area contributed by atoms with Gasteiger partial charge in [-0.05, 0) is 47.9 Å². The molecule has 2 aromatic carbocycles. The second-order valence-electron chi connectivity index (χ2n) is 6.24. The van der Waals surface area contributed by atoms with Gasteiger partial charge in [0, 0.05) is 24.5 Å². The Kier molecular flexibility index (Phi) is 5.42. The number of aromatic nitrogens is 1. The van der Waals surface area contributed by atoms with E-state index in [1.807, 2.05) is 67.8 Å². The third-order valence-corrected chi connectivity index (χ3v) is 4.62.